The van der Waals surface area contributed by atoms with Crippen LogP contribution in [-0.4, -0.2) is 12.7 Å². The van der Waals surface area contributed by atoms with Gasteiger partial charge in [-0.1, -0.05) is 47.0 Å². The standard InChI is InChI=1S/C27H46O/c1-18(2)6-5-7-19(3)23-12-13-24-22-11-9-20-8-10-21-16-27(20,17-28-21)25(22)14-15-26(23,24)4/h18-25H,5-17H2,1-4H3/t19-,20-,21-,22+,23-,24+,25+,26-,27-/m1/s1. The molecule has 2 bridgehead atoms. The Hall–Kier alpha value is -0.0400. The van der Waals surface area contributed by atoms with Gasteiger partial charge in [-0.25, -0.2) is 0 Å². The van der Waals surface area contributed by atoms with Crippen molar-refractivity contribution < 1.29 is 4.74 Å². The number of rotatable bonds is 5. The Morgan fingerprint density at radius 3 is 2.54 bits per heavy atom. The van der Waals surface area contributed by atoms with Crippen molar-refractivity contribution in [3.8, 4) is 0 Å². The van der Waals surface area contributed by atoms with Crippen molar-refractivity contribution in [2.45, 2.75) is 111 Å². The quantitative estimate of drug-likeness (QED) is 0.475. The van der Waals surface area contributed by atoms with Gasteiger partial charge in [-0.2, -0.15) is 0 Å². The summed E-state index contributed by atoms with van der Waals surface area (Å²) in [5, 5.41) is 0. The van der Waals surface area contributed by atoms with Crippen molar-refractivity contribution in [1.82, 2.24) is 0 Å². The van der Waals surface area contributed by atoms with Gasteiger partial charge in [0.1, 0.15) is 0 Å². The molecule has 1 saturated heterocycles. The van der Waals surface area contributed by atoms with Crippen LogP contribution < -0.4 is 0 Å². The fourth-order valence-electron chi connectivity index (χ4n) is 9.77. The molecule has 0 unspecified atom stereocenters. The predicted molar refractivity (Wildman–Crippen MR) is 117 cm³/mol. The van der Waals surface area contributed by atoms with Gasteiger partial charge in [-0.15, -0.1) is 0 Å². The Kier molecular flexibility index (Phi) is 5.17. The zero-order valence-electron chi connectivity index (χ0n) is 19.2. The van der Waals surface area contributed by atoms with E-state index in [1.165, 1.54) is 64.2 Å². The van der Waals surface area contributed by atoms with Crippen molar-refractivity contribution >= 4 is 0 Å². The average Bonchev–Trinajstić information content (AvgIpc) is 3.18. The third-order valence-electron chi connectivity index (χ3n) is 11.1. The lowest BCUT2D eigenvalue weighted by Gasteiger charge is -2.60. The summed E-state index contributed by atoms with van der Waals surface area (Å²) in [5.74, 6) is 6.88. The van der Waals surface area contributed by atoms with Gasteiger partial charge in [0.25, 0.3) is 0 Å². The highest BCUT2D eigenvalue weighted by molar-refractivity contribution is 5.12. The summed E-state index contributed by atoms with van der Waals surface area (Å²) in [7, 11) is 0. The van der Waals surface area contributed by atoms with E-state index in [1.54, 1.807) is 12.8 Å². The molecule has 1 heteroatoms. The van der Waals surface area contributed by atoms with Crippen LogP contribution in [-0.2, 0) is 4.74 Å². The molecule has 4 aliphatic carbocycles. The van der Waals surface area contributed by atoms with Gasteiger partial charge in [0, 0.05) is 5.41 Å². The lowest BCUT2D eigenvalue weighted by molar-refractivity contribution is -0.111. The zero-order chi connectivity index (χ0) is 19.5. The first kappa shape index (κ1) is 19.9. The fraction of sp³-hybridized carbons (Fsp3) is 1.00. The third kappa shape index (κ3) is 2.96. The number of ether oxygens (including phenoxy) is 1. The molecule has 1 heterocycles. The van der Waals surface area contributed by atoms with E-state index < -0.39 is 0 Å². The largest absolute Gasteiger partial charge is 0.378 e. The van der Waals surface area contributed by atoms with Gasteiger partial charge in [0.2, 0.25) is 0 Å². The van der Waals surface area contributed by atoms with Gasteiger partial charge in [0.15, 0.2) is 0 Å². The van der Waals surface area contributed by atoms with E-state index in [2.05, 4.69) is 27.7 Å². The number of hydrogen-bond acceptors (Lipinski definition) is 1. The molecule has 28 heavy (non-hydrogen) atoms. The van der Waals surface area contributed by atoms with E-state index in [1.807, 2.05) is 0 Å². The van der Waals surface area contributed by atoms with Crippen LogP contribution in [0.1, 0.15) is 105 Å². The van der Waals surface area contributed by atoms with Crippen LogP contribution in [0, 0.1) is 52.3 Å². The normalized spacial score (nSPS) is 50.9. The van der Waals surface area contributed by atoms with Crippen molar-refractivity contribution in [1.29, 1.82) is 0 Å². The van der Waals surface area contributed by atoms with Crippen molar-refractivity contribution in [2.24, 2.45) is 52.3 Å². The molecule has 0 aromatic rings. The molecule has 160 valence electrons. The van der Waals surface area contributed by atoms with Crippen LogP contribution in [0.2, 0.25) is 0 Å². The molecule has 5 fully saturated rings. The van der Waals surface area contributed by atoms with Crippen LogP contribution in [0.25, 0.3) is 0 Å². The van der Waals surface area contributed by atoms with E-state index in [0.29, 0.717) is 16.9 Å². The Morgan fingerprint density at radius 1 is 0.893 bits per heavy atom. The van der Waals surface area contributed by atoms with E-state index in [0.717, 1.165) is 48.0 Å². The van der Waals surface area contributed by atoms with E-state index in [-0.39, 0.29) is 0 Å². The van der Waals surface area contributed by atoms with Gasteiger partial charge in [-0.05, 0) is 105 Å². The molecule has 1 spiro atoms. The lowest BCUT2D eigenvalue weighted by Crippen LogP contribution is -2.54. The second-order valence-electron chi connectivity index (χ2n) is 12.6. The monoisotopic (exact) mass is 386 g/mol. The molecule has 1 nitrogen and oxygen atoms in total. The lowest BCUT2D eigenvalue weighted by atomic mass is 9.44. The topological polar surface area (TPSA) is 9.23 Å². The predicted octanol–water partition coefficient (Wildman–Crippen LogP) is 7.49. The summed E-state index contributed by atoms with van der Waals surface area (Å²) >= 11 is 0. The highest BCUT2D eigenvalue weighted by Crippen LogP contribution is 2.69. The highest BCUT2D eigenvalue weighted by atomic mass is 16.5. The number of hydrogen-bond donors (Lipinski definition) is 0. The van der Waals surface area contributed by atoms with Gasteiger partial charge < -0.3 is 4.74 Å². The van der Waals surface area contributed by atoms with E-state index in [4.69, 9.17) is 4.74 Å². The first-order valence-electron chi connectivity index (χ1n) is 13.1. The SMILES string of the molecule is CC(C)CCC[C@@H](C)[C@H]1CC[C@H]2[C@@H]3CC[C@H]4CC[C@@H]5C[C@]4(CO5)[C@H]3CC[C@]12C. The van der Waals surface area contributed by atoms with Crippen molar-refractivity contribution in [2.75, 3.05) is 6.61 Å². The smallest absolute Gasteiger partial charge is 0.0581 e. The molecule has 9 atom stereocenters. The van der Waals surface area contributed by atoms with Crippen molar-refractivity contribution in [3.63, 3.8) is 0 Å². The minimum Gasteiger partial charge on any atom is -0.378 e. The molecular formula is C27H46O. The molecule has 0 aromatic carbocycles. The second kappa shape index (κ2) is 7.28. The zero-order valence-corrected chi connectivity index (χ0v) is 19.2. The highest BCUT2D eigenvalue weighted by Gasteiger charge is 2.63. The number of fused-ring (bicyclic) bond motifs is 4. The Balaban J connectivity index is 1.31. The second-order valence-corrected chi connectivity index (χ2v) is 12.6. The summed E-state index contributed by atoms with van der Waals surface area (Å²) in [6, 6.07) is 0. The first-order valence-corrected chi connectivity index (χ1v) is 13.1. The summed E-state index contributed by atoms with van der Waals surface area (Å²) in [6.45, 7) is 11.2. The van der Waals surface area contributed by atoms with Crippen LogP contribution in [0.3, 0.4) is 0 Å². The molecular weight excluding hydrogens is 340 g/mol. The summed E-state index contributed by atoms with van der Waals surface area (Å²) in [5.41, 5.74) is 1.25. The molecule has 0 amide bonds. The van der Waals surface area contributed by atoms with Gasteiger partial charge in [0.05, 0.1) is 12.7 Å². The maximum absolute atomic E-state index is 6.35. The minimum atomic E-state index is 0.605. The third-order valence-corrected chi connectivity index (χ3v) is 11.1. The molecule has 5 aliphatic rings. The van der Waals surface area contributed by atoms with Gasteiger partial charge >= 0.3 is 0 Å². The Morgan fingerprint density at radius 2 is 1.71 bits per heavy atom. The summed E-state index contributed by atoms with van der Waals surface area (Å²) in [6.07, 6.45) is 18.4. The molecule has 1 aliphatic heterocycles. The molecule has 0 N–H and O–H groups in total. The molecule has 0 aromatic heterocycles. The first-order chi connectivity index (χ1) is 13.4. The molecule has 0 radical (unpaired) electrons. The van der Waals surface area contributed by atoms with Crippen LogP contribution in [0.15, 0.2) is 0 Å². The van der Waals surface area contributed by atoms with Crippen LogP contribution in [0.5, 0.6) is 0 Å². The van der Waals surface area contributed by atoms with Crippen molar-refractivity contribution in [3.05, 3.63) is 0 Å². The van der Waals surface area contributed by atoms with Gasteiger partial charge in [-0.3, -0.25) is 0 Å². The van der Waals surface area contributed by atoms with E-state index in [9.17, 15) is 0 Å². The molecule has 4 saturated carbocycles. The Bertz CT molecular complexity index is 569. The summed E-state index contributed by atoms with van der Waals surface area (Å²) < 4.78 is 6.35. The molecule has 5 rings (SSSR count). The fourth-order valence-corrected chi connectivity index (χ4v) is 9.77. The maximum atomic E-state index is 6.35. The average molecular weight is 387 g/mol. The maximum Gasteiger partial charge on any atom is 0.0581 e. The summed E-state index contributed by atoms with van der Waals surface area (Å²) in [4.78, 5) is 0. The minimum absolute atomic E-state index is 0.605. The van der Waals surface area contributed by atoms with E-state index >= 15 is 0 Å². The van der Waals surface area contributed by atoms with Crippen LogP contribution in [0.4, 0.5) is 0 Å². The van der Waals surface area contributed by atoms with Crippen LogP contribution >= 0.6 is 0 Å². The Labute approximate surface area is 174 Å².